The Labute approximate surface area is 121 Å². The van der Waals surface area contributed by atoms with Gasteiger partial charge >= 0.3 is 5.97 Å². The van der Waals surface area contributed by atoms with Crippen molar-refractivity contribution in [1.82, 2.24) is 4.57 Å². The third kappa shape index (κ3) is 4.10. The largest absolute Gasteiger partial charge is 0.497 e. The molecule has 0 saturated heterocycles. The van der Waals surface area contributed by atoms with Crippen molar-refractivity contribution < 1.29 is 14.3 Å². The Morgan fingerprint density at radius 2 is 2.10 bits per heavy atom. The Balaban J connectivity index is 1.95. The lowest BCUT2D eigenvalue weighted by Crippen LogP contribution is -2.24. The number of anilines is 1. The molecule has 0 radical (unpaired) electrons. The van der Waals surface area contributed by atoms with Crippen LogP contribution >= 0.6 is 0 Å². The smallest absolute Gasteiger partial charge is 0.326 e. The van der Waals surface area contributed by atoms with Gasteiger partial charge in [0.1, 0.15) is 18.9 Å². The first-order valence-electron chi connectivity index (χ1n) is 6.33. The van der Waals surface area contributed by atoms with Gasteiger partial charge in [-0.05, 0) is 23.8 Å². The highest BCUT2D eigenvalue weighted by atomic mass is 16.5. The normalized spacial score (nSPS) is 10.1. The summed E-state index contributed by atoms with van der Waals surface area (Å²) in [6.07, 6.45) is 1.41. The molecule has 2 aromatic rings. The lowest BCUT2D eigenvalue weighted by atomic mass is 10.2. The quantitative estimate of drug-likeness (QED) is 0.835. The van der Waals surface area contributed by atoms with Crippen molar-refractivity contribution in [3.8, 4) is 5.75 Å². The van der Waals surface area contributed by atoms with E-state index in [0.29, 0.717) is 11.4 Å². The molecule has 0 unspecified atom stereocenters. The SMILES string of the molecule is COc1cccc(COC(=O)Cn2cc(N)ccc2=O)c1. The van der Waals surface area contributed by atoms with Gasteiger partial charge in [-0.3, -0.25) is 9.59 Å². The van der Waals surface area contributed by atoms with Gasteiger partial charge in [0.25, 0.3) is 5.56 Å². The molecule has 1 aromatic heterocycles. The average molecular weight is 288 g/mol. The number of nitrogens with zero attached hydrogens (tertiary/aromatic N) is 1. The Bertz CT molecular complexity index is 694. The minimum Gasteiger partial charge on any atom is -0.497 e. The fourth-order valence-electron chi connectivity index (χ4n) is 1.78. The van der Waals surface area contributed by atoms with Crippen molar-refractivity contribution in [2.45, 2.75) is 13.2 Å². The Hall–Kier alpha value is -2.76. The number of carbonyl (C=O) groups excluding carboxylic acids is 1. The zero-order valence-electron chi connectivity index (χ0n) is 11.6. The van der Waals surface area contributed by atoms with Crippen LogP contribution in [-0.4, -0.2) is 17.6 Å². The van der Waals surface area contributed by atoms with Gasteiger partial charge in [0.05, 0.1) is 7.11 Å². The molecule has 0 bridgehead atoms. The molecule has 0 fully saturated rings. The number of esters is 1. The van der Waals surface area contributed by atoms with E-state index in [1.165, 1.54) is 22.9 Å². The molecular formula is C15H16N2O4. The fourth-order valence-corrected chi connectivity index (χ4v) is 1.78. The second kappa shape index (κ2) is 6.60. The predicted molar refractivity (Wildman–Crippen MR) is 77.9 cm³/mol. The molecule has 1 heterocycles. The fraction of sp³-hybridized carbons (Fsp3) is 0.200. The second-order valence-electron chi connectivity index (χ2n) is 4.44. The van der Waals surface area contributed by atoms with Crippen LogP contribution in [0.15, 0.2) is 47.4 Å². The first-order chi connectivity index (χ1) is 10.1. The van der Waals surface area contributed by atoms with Gasteiger partial charge < -0.3 is 19.8 Å². The maximum absolute atomic E-state index is 11.7. The lowest BCUT2D eigenvalue weighted by Gasteiger charge is -2.08. The molecule has 110 valence electrons. The van der Waals surface area contributed by atoms with E-state index in [2.05, 4.69) is 0 Å². The summed E-state index contributed by atoms with van der Waals surface area (Å²) in [5.74, 6) is 0.182. The standard InChI is InChI=1S/C15H16N2O4/c1-20-13-4-2-3-11(7-13)10-21-15(19)9-17-8-12(16)5-6-14(17)18/h2-8H,9-10,16H2,1H3. The average Bonchev–Trinajstić information content (AvgIpc) is 2.49. The molecule has 0 amide bonds. The monoisotopic (exact) mass is 288 g/mol. The molecule has 0 saturated carbocycles. The van der Waals surface area contributed by atoms with Crippen LogP contribution in [0, 0.1) is 0 Å². The molecule has 0 aliphatic rings. The number of benzene rings is 1. The minimum absolute atomic E-state index is 0.118. The first kappa shape index (κ1) is 14.6. The second-order valence-corrected chi connectivity index (χ2v) is 4.44. The van der Waals surface area contributed by atoms with Crippen LogP contribution in [0.2, 0.25) is 0 Å². The van der Waals surface area contributed by atoms with Crippen molar-refractivity contribution in [2.24, 2.45) is 0 Å². The van der Waals surface area contributed by atoms with Gasteiger partial charge in [0.2, 0.25) is 0 Å². The predicted octanol–water partition coefficient (Wildman–Crippen LogP) is 1.18. The summed E-state index contributed by atoms with van der Waals surface area (Å²) in [5.41, 5.74) is 6.49. The molecule has 6 heteroatoms. The van der Waals surface area contributed by atoms with E-state index < -0.39 is 5.97 Å². The van der Waals surface area contributed by atoms with Crippen molar-refractivity contribution >= 4 is 11.7 Å². The summed E-state index contributed by atoms with van der Waals surface area (Å²) in [5, 5.41) is 0. The molecule has 6 nitrogen and oxygen atoms in total. The Kier molecular flexibility index (Phi) is 4.61. The number of carbonyl (C=O) groups is 1. The van der Waals surface area contributed by atoms with E-state index in [0.717, 1.165) is 5.56 Å². The molecule has 0 aliphatic carbocycles. The summed E-state index contributed by atoms with van der Waals surface area (Å²) in [6.45, 7) is -0.0546. The van der Waals surface area contributed by atoms with Crippen LogP contribution in [0.1, 0.15) is 5.56 Å². The third-order valence-corrected chi connectivity index (χ3v) is 2.84. The van der Waals surface area contributed by atoms with Gasteiger partial charge in [-0.1, -0.05) is 12.1 Å². The topological polar surface area (TPSA) is 83.6 Å². The molecule has 0 aliphatic heterocycles. The van der Waals surface area contributed by atoms with Gasteiger partial charge in [-0.15, -0.1) is 0 Å². The van der Waals surface area contributed by atoms with Crippen molar-refractivity contribution in [3.63, 3.8) is 0 Å². The zero-order chi connectivity index (χ0) is 15.2. The molecule has 2 rings (SSSR count). The molecule has 1 aromatic carbocycles. The number of ether oxygens (including phenoxy) is 2. The maximum atomic E-state index is 11.7. The molecular weight excluding hydrogens is 272 g/mol. The Morgan fingerprint density at radius 1 is 1.29 bits per heavy atom. The molecule has 21 heavy (non-hydrogen) atoms. The van der Waals surface area contributed by atoms with Crippen LogP contribution in [-0.2, 0) is 22.7 Å². The lowest BCUT2D eigenvalue weighted by molar-refractivity contribution is -0.145. The van der Waals surface area contributed by atoms with E-state index in [-0.39, 0.29) is 18.7 Å². The van der Waals surface area contributed by atoms with Crippen LogP contribution in [0.25, 0.3) is 0 Å². The third-order valence-electron chi connectivity index (χ3n) is 2.84. The number of methoxy groups -OCH3 is 1. The minimum atomic E-state index is -0.509. The summed E-state index contributed by atoms with van der Waals surface area (Å²) in [6, 6.07) is 10.0. The van der Waals surface area contributed by atoms with Crippen LogP contribution < -0.4 is 16.0 Å². The summed E-state index contributed by atoms with van der Waals surface area (Å²) >= 11 is 0. The number of pyridine rings is 1. The number of rotatable bonds is 5. The van der Waals surface area contributed by atoms with E-state index in [4.69, 9.17) is 15.2 Å². The highest BCUT2D eigenvalue weighted by Gasteiger charge is 2.07. The zero-order valence-corrected chi connectivity index (χ0v) is 11.6. The summed E-state index contributed by atoms with van der Waals surface area (Å²) < 4.78 is 11.4. The number of nitrogens with two attached hydrogens (primary N) is 1. The number of hydrogen-bond donors (Lipinski definition) is 1. The van der Waals surface area contributed by atoms with E-state index in [1.54, 1.807) is 19.2 Å². The summed E-state index contributed by atoms with van der Waals surface area (Å²) in [4.78, 5) is 23.3. The van der Waals surface area contributed by atoms with Gasteiger partial charge in [-0.2, -0.15) is 0 Å². The van der Waals surface area contributed by atoms with Crippen molar-refractivity contribution in [1.29, 1.82) is 0 Å². The van der Waals surface area contributed by atoms with Crippen molar-refractivity contribution in [3.05, 3.63) is 58.5 Å². The molecule has 0 atom stereocenters. The van der Waals surface area contributed by atoms with Crippen LogP contribution in [0.4, 0.5) is 5.69 Å². The van der Waals surface area contributed by atoms with E-state index >= 15 is 0 Å². The maximum Gasteiger partial charge on any atom is 0.326 e. The number of hydrogen-bond acceptors (Lipinski definition) is 5. The van der Waals surface area contributed by atoms with Gasteiger partial charge in [0.15, 0.2) is 0 Å². The van der Waals surface area contributed by atoms with E-state index in [1.807, 2.05) is 12.1 Å². The highest BCUT2D eigenvalue weighted by Crippen LogP contribution is 2.13. The first-order valence-corrected chi connectivity index (χ1v) is 6.33. The molecule has 0 spiro atoms. The van der Waals surface area contributed by atoms with Crippen LogP contribution in [0.3, 0.4) is 0 Å². The van der Waals surface area contributed by atoms with E-state index in [9.17, 15) is 9.59 Å². The Morgan fingerprint density at radius 3 is 2.86 bits per heavy atom. The van der Waals surface area contributed by atoms with Crippen molar-refractivity contribution in [2.75, 3.05) is 12.8 Å². The number of nitrogen functional groups attached to an aromatic ring is 1. The summed E-state index contributed by atoms with van der Waals surface area (Å²) in [7, 11) is 1.57. The molecule has 2 N–H and O–H groups in total. The van der Waals surface area contributed by atoms with Crippen LogP contribution in [0.5, 0.6) is 5.75 Å². The number of aromatic nitrogens is 1. The van der Waals surface area contributed by atoms with Gasteiger partial charge in [0, 0.05) is 18.0 Å². The van der Waals surface area contributed by atoms with Gasteiger partial charge in [-0.25, -0.2) is 0 Å². The highest BCUT2D eigenvalue weighted by molar-refractivity contribution is 5.69.